The van der Waals surface area contributed by atoms with Crippen molar-refractivity contribution >= 4 is 27.7 Å². The Hall–Kier alpha value is -3.20. The van der Waals surface area contributed by atoms with Crippen molar-refractivity contribution in [1.82, 2.24) is 14.5 Å². The molecule has 3 rings (SSSR count). The molecule has 9 heteroatoms. The second-order valence-electron chi connectivity index (χ2n) is 8.47. The van der Waals surface area contributed by atoms with Gasteiger partial charge in [0.05, 0.1) is 5.56 Å². The summed E-state index contributed by atoms with van der Waals surface area (Å²) in [6.07, 6.45) is -0.232. The third-order valence-electron chi connectivity index (χ3n) is 5.51. The summed E-state index contributed by atoms with van der Waals surface area (Å²) in [6, 6.07) is 12.7. The van der Waals surface area contributed by atoms with E-state index in [1.165, 1.54) is 17.0 Å². The SMILES string of the molecule is Cc1ccc(CN(C(=O)CCN2C(=O)c3ccccc3S2(=O)=O)[C@@H](C)C(=O)NC(C)C)cc1. The Bertz CT molecular complexity index is 1160. The van der Waals surface area contributed by atoms with Crippen LogP contribution < -0.4 is 5.32 Å². The lowest BCUT2D eigenvalue weighted by Crippen LogP contribution is -2.49. The van der Waals surface area contributed by atoms with Crippen molar-refractivity contribution in [1.29, 1.82) is 0 Å². The maximum atomic E-state index is 13.2. The summed E-state index contributed by atoms with van der Waals surface area (Å²) in [4.78, 5) is 39.9. The van der Waals surface area contributed by atoms with Crippen molar-refractivity contribution < 1.29 is 22.8 Å². The lowest BCUT2D eigenvalue weighted by molar-refractivity contribution is -0.140. The zero-order valence-electron chi connectivity index (χ0n) is 19.2. The molecule has 3 amide bonds. The maximum Gasteiger partial charge on any atom is 0.269 e. The molecular formula is C24H29N3O5S. The van der Waals surface area contributed by atoms with Gasteiger partial charge in [0, 0.05) is 25.6 Å². The molecule has 1 N–H and O–H groups in total. The quantitative estimate of drug-likeness (QED) is 0.637. The van der Waals surface area contributed by atoms with Crippen LogP contribution in [0.1, 0.15) is 48.7 Å². The molecule has 0 bridgehead atoms. The van der Waals surface area contributed by atoms with Gasteiger partial charge in [0.25, 0.3) is 15.9 Å². The highest BCUT2D eigenvalue weighted by atomic mass is 32.2. The third-order valence-corrected chi connectivity index (χ3v) is 7.35. The minimum absolute atomic E-state index is 0.0522. The van der Waals surface area contributed by atoms with Crippen LogP contribution in [0.25, 0.3) is 0 Å². The highest BCUT2D eigenvalue weighted by Gasteiger charge is 2.41. The number of benzene rings is 2. The van der Waals surface area contributed by atoms with Gasteiger partial charge in [-0.3, -0.25) is 14.4 Å². The van der Waals surface area contributed by atoms with Gasteiger partial charge in [-0.1, -0.05) is 42.0 Å². The molecule has 0 aliphatic carbocycles. The monoisotopic (exact) mass is 471 g/mol. The number of carbonyl (C=O) groups is 3. The fourth-order valence-electron chi connectivity index (χ4n) is 3.67. The van der Waals surface area contributed by atoms with Crippen LogP contribution in [0.2, 0.25) is 0 Å². The van der Waals surface area contributed by atoms with E-state index in [0.29, 0.717) is 0 Å². The number of carbonyl (C=O) groups excluding carboxylic acids is 3. The van der Waals surface area contributed by atoms with E-state index < -0.39 is 27.9 Å². The van der Waals surface area contributed by atoms with Gasteiger partial charge in [-0.15, -0.1) is 0 Å². The number of rotatable bonds is 8. The molecule has 0 saturated carbocycles. The summed E-state index contributed by atoms with van der Waals surface area (Å²) >= 11 is 0. The van der Waals surface area contributed by atoms with Crippen molar-refractivity contribution in [3.63, 3.8) is 0 Å². The van der Waals surface area contributed by atoms with E-state index in [-0.39, 0.29) is 41.9 Å². The molecule has 0 fully saturated rings. The van der Waals surface area contributed by atoms with Gasteiger partial charge in [0.2, 0.25) is 11.8 Å². The molecule has 33 heavy (non-hydrogen) atoms. The van der Waals surface area contributed by atoms with Crippen molar-refractivity contribution in [3.8, 4) is 0 Å². The number of fused-ring (bicyclic) bond motifs is 1. The molecule has 0 aromatic heterocycles. The number of nitrogens with zero attached hydrogens (tertiary/aromatic N) is 2. The standard InChI is InChI=1S/C24H29N3O5S/c1-16(2)25-23(29)18(4)26(15-19-11-9-17(3)10-12-19)22(28)13-14-27-24(30)20-7-5-6-8-21(20)33(27,31)32/h5-12,16,18H,13-15H2,1-4H3,(H,25,29)/t18-/m0/s1. The van der Waals surface area contributed by atoms with Crippen molar-refractivity contribution in [2.75, 3.05) is 6.54 Å². The highest BCUT2D eigenvalue weighted by Crippen LogP contribution is 2.30. The van der Waals surface area contributed by atoms with Crippen molar-refractivity contribution in [3.05, 3.63) is 65.2 Å². The molecule has 0 saturated heterocycles. The number of hydrogen-bond acceptors (Lipinski definition) is 5. The van der Waals surface area contributed by atoms with E-state index in [1.807, 2.05) is 45.0 Å². The average molecular weight is 472 g/mol. The second-order valence-corrected chi connectivity index (χ2v) is 10.3. The number of nitrogens with one attached hydrogen (secondary N) is 1. The molecule has 1 heterocycles. The Morgan fingerprint density at radius 2 is 1.67 bits per heavy atom. The smallest absolute Gasteiger partial charge is 0.269 e. The first-order valence-electron chi connectivity index (χ1n) is 10.8. The van der Waals surface area contributed by atoms with Crippen LogP contribution in [0.3, 0.4) is 0 Å². The highest BCUT2D eigenvalue weighted by molar-refractivity contribution is 7.90. The van der Waals surface area contributed by atoms with E-state index in [2.05, 4.69) is 5.32 Å². The van der Waals surface area contributed by atoms with Crippen molar-refractivity contribution in [2.45, 2.75) is 57.6 Å². The van der Waals surface area contributed by atoms with Crippen molar-refractivity contribution in [2.24, 2.45) is 0 Å². The summed E-state index contributed by atoms with van der Waals surface area (Å²) < 4.78 is 26.3. The number of hydrogen-bond donors (Lipinski definition) is 1. The summed E-state index contributed by atoms with van der Waals surface area (Å²) in [5.74, 6) is -1.36. The Labute approximate surface area is 194 Å². The predicted molar refractivity (Wildman–Crippen MR) is 124 cm³/mol. The molecule has 0 radical (unpaired) electrons. The molecule has 1 aliphatic rings. The molecule has 176 valence electrons. The molecule has 1 aliphatic heterocycles. The zero-order valence-corrected chi connectivity index (χ0v) is 20.1. The average Bonchev–Trinajstić information content (AvgIpc) is 2.96. The minimum atomic E-state index is -4.00. The van der Waals surface area contributed by atoms with Crippen LogP contribution >= 0.6 is 0 Å². The van der Waals surface area contributed by atoms with Gasteiger partial charge in [-0.25, -0.2) is 12.7 Å². The number of amides is 3. The molecule has 2 aromatic rings. The maximum absolute atomic E-state index is 13.2. The first-order valence-corrected chi connectivity index (χ1v) is 12.3. The molecular weight excluding hydrogens is 442 g/mol. The van der Waals surface area contributed by atoms with Gasteiger partial charge in [0.15, 0.2) is 0 Å². The normalized spacial score (nSPS) is 15.3. The summed E-state index contributed by atoms with van der Waals surface area (Å²) in [5, 5.41) is 2.81. The van der Waals surface area contributed by atoms with Gasteiger partial charge < -0.3 is 10.2 Å². The lowest BCUT2D eigenvalue weighted by atomic mass is 10.1. The summed E-state index contributed by atoms with van der Waals surface area (Å²) in [5.41, 5.74) is 2.01. The fourth-order valence-corrected chi connectivity index (χ4v) is 5.24. The van der Waals surface area contributed by atoms with E-state index in [9.17, 15) is 22.8 Å². The Morgan fingerprint density at radius 1 is 1.03 bits per heavy atom. The molecule has 0 unspecified atom stereocenters. The summed E-state index contributed by atoms with van der Waals surface area (Å²) in [7, 11) is -4.00. The largest absolute Gasteiger partial charge is 0.352 e. The van der Waals surface area contributed by atoms with E-state index in [4.69, 9.17) is 0 Å². The molecule has 1 atom stereocenters. The Balaban J connectivity index is 1.79. The van der Waals surface area contributed by atoms with Gasteiger partial charge in [-0.05, 0) is 45.4 Å². The Morgan fingerprint density at radius 3 is 2.27 bits per heavy atom. The first kappa shape index (κ1) is 24.4. The van der Waals surface area contributed by atoms with Gasteiger partial charge in [0.1, 0.15) is 10.9 Å². The zero-order chi connectivity index (χ0) is 24.3. The number of aryl methyl sites for hydroxylation is 1. The van der Waals surface area contributed by atoms with Crippen LogP contribution in [0.5, 0.6) is 0 Å². The van der Waals surface area contributed by atoms with Crippen LogP contribution in [-0.4, -0.2) is 54.0 Å². The predicted octanol–water partition coefficient (Wildman–Crippen LogP) is 2.47. The second kappa shape index (κ2) is 9.74. The molecule has 2 aromatic carbocycles. The van der Waals surface area contributed by atoms with E-state index in [0.717, 1.165) is 15.4 Å². The topological polar surface area (TPSA) is 104 Å². The van der Waals surface area contributed by atoms with Gasteiger partial charge in [-0.2, -0.15) is 0 Å². The van der Waals surface area contributed by atoms with Crippen LogP contribution in [0, 0.1) is 6.92 Å². The number of sulfonamides is 1. The first-order chi connectivity index (χ1) is 15.5. The van der Waals surface area contributed by atoms with Crippen LogP contribution in [-0.2, 0) is 26.2 Å². The molecule has 8 nitrogen and oxygen atoms in total. The lowest BCUT2D eigenvalue weighted by Gasteiger charge is -2.30. The van der Waals surface area contributed by atoms with E-state index in [1.54, 1.807) is 19.1 Å². The molecule has 0 spiro atoms. The van der Waals surface area contributed by atoms with Gasteiger partial charge >= 0.3 is 0 Å². The summed E-state index contributed by atoms with van der Waals surface area (Å²) in [6.45, 7) is 7.15. The van der Waals surface area contributed by atoms with E-state index >= 15 is 0 Å². The Kier molecular flexibility index (Phi) is 7.22. The van der Waals surface area contributed by atoms with Crippen LogP contribution in [0.15, 0.2) is 53.4 Å². The third kappa shape index (κ3) is 5.24. The minimum Gasteiger partial charge on any atom is -0.352 e. The van der Waals surface area contributed by atoms with Crippen LogP contribution in [0.4, 0.5) is 0 Å². The fraction of sp³-hybridized carbons (Fsp3) is 0.375.